The molecule has 0 aliphatic carbocycles. The van der Waals surface area contributed by atoms with Gasteiger partial charge >= 0.3 is 0 Å². The summed E-state index contributed by atoms with van der Waals surface area (Å²) in [5.74, 6) is -0.697. The number of imide groups is 1. The Kier molecular flexibility index (Phi) is 6.53. The zero-order valence-corrected chi connectivity index (χ0v) is 21.9. The number of hydrogen-bond donors (Lipinski definition) is 2. The summed E-state index contributed by atoms with van der Waals surface area (Å²) in [5.41, 5.74) is 4.44. The van der Waals surface area contributed by atoms with Crippen molar-refractivity contribution < 1.29 is 9.59 Å². The Morgan fingerprint density at radius 1 is 0.886 bits per heavy atom. The zero-order valence-electron chi connectivity index (χ0n) is 20.3. The van der Waals surface area contributed by atoms with Crippen molar-refractivity contribution in [1.82, 2.24) is 19.8 Å². The Morgan fingerprint density at radius 3 is 2.23 bits per heavy atom. The molecule has 4 aromatic rings. The predicted molar refractivity (Wildman–Crippen MR) is 147 cm³/mol. The van der Waals surface area contributed by atoms with Crippen molar-refractivity contribution in [3.05, 3.63) is 59.9 Å². The lowest BCUT2D eigenvalue weighted by molar-refractivity contribution is -0.122. The van der Waals surface area contributed by atoms with Crippen LogP contribution in [0.5, 0.6) is 0 Å². The first kappa shape index (κ1) is 23.8. The average Bonchev–Trinajstić information content (AvgIpc) is 3.50. The SMILES string of the molecule is CSc1ccc2[nH]cc(C3=C(c4cn(CCCN(C)C)c5ccc(SC)cc45)C(=O)NC3=O)c2c1. The predicted octanol–water partition coefficient (Wildman–Crippen LogP) is 5.09. The summed E-state index contributed by atoms with van der Waals surface area (Å²) in [5, 5.41) is 4.49. The van der Waals surface area contributed by atoms with Crippen LogP contribution >= 0.6 is 23.5 Å². The fourth-order valence-corrected chi connectivity index (χ4v) is 5.63. The molecule has 2 amide bonds. The molecule has 0 unspecified atom stereocenters. The van der Waals surface area contributed by atoms with E-state index in [9.17, 15) is 9.59 Å². The lowest BCUT2D eigenvalue weighted by atomic mass is 9.95. The van der Waals surface area contributed by atoms with E-state index in [1.807, 2.05) is 37.0 Å². The van der Waals surface area contributed by atoms with Crippen LogP contribution in [0.4, 0.5) is 0 Å². The minimum Gasteiger partial charge on any atom is -0.361 e. The van der Waals surface area contributed by atoms with E-state index in [2.05, 4.69) is 58.1 Å². The van der Waals surface area contributed by atoms with E-state index >= 15 is 0 Å². The molecule has 2 N–H and O–H groups in total. The minimum absolute atomic E-state index is 0.345. The number of nitrogens with one attached hydrogen (secondary N) is 2. The summed E-state index contributed by atoms with van der Waals surface area (Å²) >= 11 is 3.31. The highest BCUT2D eigenvalue weighted by Crippen LogP contribution is 2.39. The molecule has 0 spiro atoms. The number of carbonyl (C=O) groups excluding carboxylic acids is 2. The molecule has 3 heterocycles. The second-order valence-corrected chi connectivity index (χ2v) is 10.7. The molecule has 5 rings (SSSR count). The van der Waals surface area contributed by atoms with Crippen LogP contribution in [0.15, 0.2) is 58.6 Å². The van der Waals surface area contributed by atoms with Gasteiger partial charge in [0.05, 0.1) is 11.1 Å². The zero-order chi connectivity index (χ0) is 24.7. The smallest absolute Gasteiger partial charge is 0.259 e. The Labute approximate surface area is 213 Å². The van der Waals surface area contributed by atoms with Crippen LogP contribution in [0.25, 0.3) is 33.0 Å². The number of rotatable bonds is 8. The van der Waals surface area contributed by atoms with Crippen LogP contribution in [0, 0.1) is 0 Å². The van der Waals surface area contributed by atoms with Gasteiger partial charge in [-0.1, -0.05) is 0 Å². The van der Waals surface area contributed by atoms with E-state index in [1.54, 1.807) is 23.5 Å². The van der Waals surface area contributed by atoms with Crippen LogP contribution in [-0.2, 0) is 16.1 Å². The van der Waals surface area contributed by atoms with E-state index in [1.165, 1.54) is 0 Å². The molecule has 8 heteroatoms. The molecule has 2 aromatic carbocycles. The number of nitrogens with zero attached hydrogens (tertiary/aromatic N) is 2. The molecular formula is C27H28N4O2S2. The number of fused-ring (bicyclic) bond motifs is 2. The number of hydrogen-bond acceptors (Lipinski definition) is 5. The van der Waals surface area contributed by atoms with Gasteiger partial charge in [-0.3, -0.25) is 14.9 Å². The third-order valence-electron chi connectivity index (χ3n) is 6.45. The van der Waals surface area contributed by atoms with Crippen molar-refractivity contribution in [2.24, 2.45) is 0 Å². The highest BCUT2D eigenvalue weighted by Gasteiger charge is 2.35. The molecule has 0 atom stereocenters. The van der Waals surface area contributed by atoms with Gasteiger partial charge in [-0.15, -0.1) is 23.5 Å². The molecule has 2 aromatic heterocycles. The van der Waals surface area contributed by atoms with E-state index in [0.29, 0.717) is 11.1 Å². The average molecular weight is 505 g/mol. The number of amides is 2. The fraction of sp³-hybridized carbons (Fsp3) is 0.259. The van der Waals surface area contributed by atoms with Gasteiger partial charge in [-0.05, 0) is 76.0 Å². The topological polar surface area (TPSA) is 70.1 Å². The summed E-state index contributed by atoms with van der Waals surface area (Å²) in [4.78, 5) is 34.1. The summed E-state index contributed by atoms with van der Waals surface area (Å²) in [6.07, 6.45) is 8.93. The molecule has 180 valence electrons. The molecule has 0 saturated heterocycles. The highest BCUT2D eigenvalue weighted by atomic mass is 32.2. The van der Waals surface area contributed by atoms with Gasteiger partial charge in [0, 0.05) is 61.7 Å². The van der Waals surface area contributed by atoms with Crippen LogP contribution in [0.2, 0.25) is 0 Å². The molecule has 0 saturated carbocycles. The van der Waals surface area contributed by atoms with Gasteiger partial charge in [0.2, 0.25) is 0 Å². The summed E-state index contributed by atoms with van der Waals surface area (Å²) < 4.78 is 2.21. The van der Waals surface area contributed by atoms with Gasteiger partial charge in [0.25, 0.3) is 11.8 Å². The Hall–Kier alpha value is -2.94. The first-order valence-electron chi connectivity index (χ1n) is 11.5. The number of aromatic nitrogens is 2. The summed E-state index contributed by atoms with van der Waals surface area (Å²) in [6.45, 7) is 1.80. The maximum atomic E-state index is 13.2. The Morgan fingerprint density at radius 2 is 1.54 bits per heavy atom. The van der Waals surface area contributed by atoms with Gasteiger partial charge in [-0.2, -0.15) is 0 Å². The number of thioether (sulfide) groups is 2. The van der Waals surface area contributed by atoms with Crippen molar-refractivity contribution in [2.45, 2.75) is 22.8 Å². The quantitative estimate of drug-likeness (QED) is 0.259. The van der Waals surface area contributed by atoms with Crippen LogP contribution in [0.3, 0.4) is 0 Å². The van der Waals surface area contributed by atoms with Crippen molar-refractivity contribution in [3.8, 4) is 0 Å². The van der Waals surface area contributed by atoms with Crippen molar-refractivity contribution in [1.29, 1.82) is 0 Å². The van der Waals surface area contributed by atoms with Gasteiger partial charge < -0.3 is 14.5 Å². The van der Waals surface area contributed by atoms with Gasteiger partial charge in [0.15, 0.2) is 0 Å². The molecule has 0 fully saturated rings. The summed E-state index contributed by atoms with van der Waals surface area (Å²) in [7, 11) is 4.14. The van der Waals surface area contributed by atoms with Crippen LogP contribution in [0.1, 0.15) is 17.5 Å². The van der Waals surface area contributed by atoms with Gasteiger partial charge in [0.1, 0.15) is 0 Å². The van der Waals surface area contributed by atoms with Crippen LogP contribution < -0.4 is 5.32 Å². The summed E-state index contributed by atoms with van der Waals surface area (Å²) in [6, 6.07) is 12.5. The number of H-pyrrole nitrogens is 1. The Bertz CT molecular complexity index is 1500. The highest BCUT2D eigenvalue weighted by molar-refractivity contribution is 7.98. The van der Waals surface area contributed by atoms with Crippen molar-refractivity contribution in [3.63, 3.8) is 0 Å². The first-order valence-corrected chi connectivity index (χ1v) is 13.9. The number of benzene rings is 2. The van der Waals surface area contributed by atoms with Crippen LogP contribution in [-0.4, -0.2) is 59.4 Å². The minimum atomic E-state index is -0.352. The molecule has 1 aliphatic heterocycles. The second kappa shape index (κ2) is 9.60. The molecule has 6 nitrogen and oxygen atoms in total. The normalized spacial score (nSPS) is 14.2. The number of carbonyl (C=O) groups is 2. The maximum Gasteiger partial charge on any atom is 0.259 e. The Balaban J connectivity index is 1.73. The van der Waals surface area contributed by atoms with E-state index in [0.717, 1.165) is 62.2 Å². The van der Waals surface area contributed by atoms with E-state index < -0.39 is 0 Å². The third-order valence-corrected chi connectivity index (χ3v) is 7.90. The molecule has 0 radical (unpaired) electrons. The maximum absolute atomic E-state index is 13.2. The molecule has 35 heavy (non-hydrogen) atoms. The lowest BCUT2D eigenvalue weighted by Crippen LogP contribution is -2.22. The third kappa shape index (κ3) is 4.30. The standard InChI is InChI=1S/C27H28N4O2S2/c1-30(2)10-5-11-31-15-21(19-13-17(35-4)7-9-23(19)31)25-24(26(32)29-27(25)33)20-14-28-22-8-6-16(34-3)12-18(20)22/h6-9,12-15,28H,5,10-11H2,1-4H3,(H,29,32,33). The van der Waals surface area contributed by atoms with Gasteiger partial charge in [-0.25, -0.2) is 0 Å². The molecule has 1 aliphatic rings. The second-order valence-electron chi connectivity index (χ2n) is 8.92. The number of aromatic amines is 1. The fourth-order valence-electron chi connectivity index (χ4n) is 4.75. The van der Waals surface area contributed by atoms with Crippen molar-refractivity contribution in [2.75, 3.05) is 33.2 Å². The molecule has 0 bridgehead atoms. The van der Waals surface area contributed by atoms with E-state index in [4.69, 9.17) is 0 Å². The first-order chi connectivity index (χ1) is 16.9. The number of aryl methyl sites for hydroxylation is 1. The van der Waals surface area contributed by atoms with Crippen molar-refractivity contribution >= 4 is 68.3 Å². The monoisotopic (exact) mass is 504 g/mol. The lowest BCUT2D eigenvalue weighted by Gasteiger charge is -2.10. The van der Waals surface area contributed by atoms with E-state index in [-0.39, 0.29) is 11.8 Å². The largest absolute Gasteiger partial charge is 0.361 e. The molecular weight excluding hydrogens is 476 g/mol.